The van der Waals surface area contributed by atoms with E-state index in [1.165, 1.54) is 13.2 Å². The topological polar surface area (TPSA) is 75.7 Å². The highest BCUT2D eigenvalue weighted by molar-refractivity contribution is 5.97. The van der Waals surface area contributed by atoms with E-state index in [-0.39, 0.29) is 25.2 Å². The van der Waals surface area contributed by atoms with Crippen molar-refractivity contribution >= 4 is 17.8 Å². The minimum Gasteiger partial charge on any atom is -0.468 e. The number of amides is 2. The zero-order chi connectivity index (χ0) is 21.4. The smallest absolute Gasteiger partial charge is 0.325 e. The van der Waals surface area contributed by atoms with Gasteiger partial charge in [-0.25, -0.2) is 8.78 Å². The van der Waals surface area contributed by atoms with Gasteiger partial charge in [-0.05, 0) is 35.4 Å². The van der Waals surface area contributed by atoms with Crippen LogP contribution in [0.2, 0.25) is 0 Å². The summed E-state index contributed by atoms with van der Waals surface area (Å²) in [5.74, 6) is -3.66. The van der Waals surface area contributed by atoms with Gasteiger partial charge in [0.15, 0.2) is 11.6 Å². The molecule has 29 heavy (non-hydrogen) atoms. The second kappa shape index (κ2) is 10.1. The van der Waals surface area contributed by atoms with Crippen LogP contribution in [0.4, 0.5) is 8.78 Å². The molecule has 0 aliphatic rings. The molecule has 0 spiro atoms. The number of carbonyl (C=O) groups excluding carboxylic acids is 3. The van der Waals surface area contributed by atoms with E-state index in [0.717, 1.165) is 23.1 Å². The molecule has 1 N–H and O–H groups in total. The second-order valence-corrected chi connectivity index (χ2v) is 6.06. The number of hydrogen-bond acceptors (Lipinski definition) is 4. The third-order valence-electron chi connectivity index (χ3n) is 4.08. The average molecular weight is 402 g/mol. The van der Waals surface area contributed by atoms with Crippen molar-refractivity contribution in [1.82, 2.24) is 10.2 Å². The quantitative estimate of drug-likeness (QED) is 0.544. The van der Waals surface area contributed by atoms with Crippen molar-refractivity contribution in [2.24, 2.45) is 0 Å². The highest BCUT2D eigenvalue weighted by atomic mass is 19.2. The molecule has 0 bridgehead atoms. The molecule has 0 radical (unpaired) electrons. The molecule has 8 heteroatoms. The third-order valence-corrected chi connectivity index (χ3v) is 4.08. The van der Waals surface area contributed by atoms with Crippen LogP contribution in [-0.2, 0) is 27.4 Å². The molecule has 0 aliphatic carbocycles. The van der Waals surface area contributed by atoms with E-state index in [1.54, 1.807) is 24.3 Å². The van der Waals surface area contributed by atoms with Gasteiger partial charge in [-0.1, -0.05) is 30.8 Å². The zero-order valence-corrected chi connectivity index (χ0v) is 15.8. The molecular formula is C21H20F2N2O4. The summed E-state index contributed by atoms with van der Waals surface area (Å²) < 4.78 is 31.4. The maximum Gasteiger partial charge on any atom is 0.325 e. The predicted octanol–water partition coefficient (Wildman–Crippen LogP) is 2.58. The number of carbonyl (C=O) groups is 3. The van der Waals surface area contributed by atoms with E-state index in [0.29, 0.717) is 11.1 Å². The van der Waals surface area contributed by atoms with Crippen molar-refractivity contribution in [3.05, 3.63) is 83.4 Å². The molecule has 152 valence electrons. The van der Waals surface area contributed by atoms with Gasteiger partial charge < -0.3 is 15.0 Å². The Bertz CT molecular complexity index is 931. The fourth-order valence-corrected chi connectivity index (χ4v) is 2.59. The molecule has 6 nitrogen and oxygen atoms in total. The van der Waals surface area contributed by atoms with Crippen LogP contribution in [0.25, 0.3) is 0 Å². The van der Waals surface area contributed by atoms with E-state index in [1.807, 2.05) is 0 Å². The molecule has 0 saturated carbocycles. The predicted molar refractivity (Wildman–Crippen MR) is 102 cm³/mol. The Morgan fingerprint density at radius 3 is 2.52 bits per heavy atom. The summed E-state index contributed by atoms with van der Waals surface area (Å²) in [5.41, 5.74) is 1.08. The summed E-state index contributed by atoms with van der Waals surface area (Å²) in [6.45, 7) is 2.91. The van der Waals surface area contributed by atoms with Gasteiger partial charge >= 0.3 is 5.97 Å². The molecular weight excluding hydrogens is 382 g/mol. The molecule has 2 aromatic carbocycles. The average Bonchev–Trinajstić information content (AvgIpc) is 2.73. The van der Waals surface area contributed by atoms with E-state index in [4.69, 9.17) is 0 Å². The van der Waals surface area contributed by atoms with E-state index in [9.17, 15) is 23.2 Å². The number of nitrogens with zero attached hydrogens (tertiary/aromatic N) is 1. The first kappa shape index (κ1) is 21.7. The van der Waals surface area contributed by atoms with Crippen molar-refractivity contribution in [3.8, 4) is 0 Å². The summed E-state index contributed by atoms with van der Waals surface area (Å²) >= 11 is 0. The summed E-state index contributed by atoms with van der Waals surface area (Å²) in [6.07, 6.45) is 1.11. The maximum absolute atomic E-state index is 13.5. The third kappa shape index (κ3) is 5.97. The van der Waals surface area contributed by atoms with Crippen LogP contribution in [-0.4, -0.2) is 36.3 Å². The lowest BCUT2D eigenvalue weighted by molar-refractivity contribution is -0.141. The Labute approximate surface area is 166 Å². The van der Waals surface area contributed by atoms with E-state index < -0.39 is 29.4 Å². The fraction of sp³-hybridized carbons (Fsp3) is 0.190. The lowest BCUT2D eigenvalue weighted by atomic mass is 10.1. The number of nitrogens with one attached hydrogen (secondary N) is 1. The largest absolute Gasteiger partial charge is 0.468 e. The van der Waals surface area contributed by atoms with Crippen molar-refractivity contribution < 1.29 is 27.9 Å². The number of halogens is 2. The first-order chi connectivity index (χ1) is 13.8. The summed E-state index contributed by atoms with van der Waals surface area (Å²) in [5, 5.41) is 2.59. The molecule has 2 rings (SSSR count). The van der Waals surface area contributed by atoms with Crippen LogP contribution in [0.15, 0.2) is 55.1 Å². The number of benzene rings is 2. The van der Waals surface area contributed by atoms with E-state index in [2.05, 4.69) is 16.6 Å². The van der Waals surface area contributed by atoms with Crippen molar-refractivity contribution in [2.75, 3.05) is 13.7 Å². The van der Waals surface area contributed by atoms with Crippen LogP contribution in [0.5, 0.6) is 0 Å². The fourth-order valence-electron chi connectivity index (χ4n) is 2.59. The number of ether oxygens (including phenoxy) is 1. The molecule has 2 aromatic rings. The Kier molecular flexibility index (Phi) is 7.59. The number of esters is 1. The van der Waals surface area contributed by atoms with Crippen LogP contribution in [0.3, 0.4) is 0 Å². The Morgan fingerprint density at radius 2 is 1.86 bits per heavy atom. The van der Waals surface area contributed by atoms with E-state index >= 15 is 0 Å². The molecule has 0 heterocycles. The monoisotopic (exact) mass is 402 g/mol. The van der Waals surface area contributed by atoms with Crippen LogP contribution < -0.4 is 5.32 Å². The lowest BCUT2D eigenvalue weighted by Gasteiger charge is -2.23. The molecule has 0 unspecified atom stereocenters. The minimum atomic E-state index is -1.06. The van der Waals surface area contributed by atoms with Gasteiger partial charge in [-0.3, -0.25) is 14.4 Å². The second-order valence-electron chi connectivity index (χ2n) is 6.06. The molecule has 2 amide bonds. The van der Waals surface area contributed by atoms with Crippen molar-refractivity contribution in [1.29, 1.82) is 0 Å². The Morgan fingerprint density at radius 1 is 1.14 bits per heavy atom. The minimum absolute atomic E-state index is 0.0734. The van der Waals surface area contributed by atoms with Gasteiger partial charge in [0.2, 0.25) is 5.91 Å². The Hall–Kier alpha value is -3.55. The van der Waals surface area contributed by atoms with Crippen LogP contribution >= 0.6 is 0 Å². The van der Waals surface area contributed by atoms with Crippen LogP contribution in [0, 0.1) is 11.6 Å². The van der Waals surface area contributed by atoms with Gasteiger partial charge in [0.05, 0.1) is 7.11 Å². The normalized spacial score (nSPS) is 10.2. The summed E-state index contributed by atoms with van der Waals surface area (Å²) in [7, 11) is 1.18. The van der Waals surface area contributed by atoms with Gasteiger partial charge in [0.25, 0.3) is 5.91 Å². The van der Waals surface area contributed by atoms with Gasteiger partial charge in [-0.2, -0.15) is 0 Å². The lowest BCUT2D eigenvalue weighted by Crippen LogP contribution is -2.36. The molecule has 0 aliphatic heterocycles. The maximum atomic E-state index is 13.5. The summed E-state index contributed by atoms with van der Waals surface area (Å²) in [4.78, 5) is 37.5. The number of hydrogen-bond donors (Lipinski definition) is 1. The van der Waals surface area contributed by atoms with Crippen molar-refractivity contribution in [3.63, 3.8) is 0 Å². The Balaban J connectivity index is 2.31. The number of methoxy groups -OCH3 is 1. The first-order valence-corrected chi connectivity index (χ1v) is 8.64. The highest BCUT2D eigenvalue weighted by Gasteiger charge is 2.22. The molecule has 0 aromatic heterocycles. The number of rotatable bonds is 8. The molecule has 0 saturated heterocycles. The summed E-state index contributed by atoms with van der Waals surface area (Å²) in [6, 6.07) is 9.78. The standard InChI is InChI=1S/C21H20F2N2O4/c1-3-19(26)24-11-15-6-4-5-7-16(15)21(28)25(13-20(27)29-2)12-14-8-9-17(22)18(23)10-14/h3-10H,1,11-13H2,2H3,(H,24,26). The van der Waals surface area contributed by atoms with Crippen LogP contribution in [0.1, 0.15) is 21.5 Å². The van der Waals surface area contributed by atoms with Gasteiger partial charge in [0.1, 0.15) is 6.54 Å². The first-order valence-electron chi connectivity index (χ1n) is 8.64. The SMILES string of the molecule is C=CC(=O)NCc1ccccc1C(=O)N(CC(=O)OC)Cc1ccc(F)c(F)c1. The zero-order valence-electron chi connectivity index (χ0n) is 15.8. The van der Waals surface area contributed by atoms with Gasteiger partial charge in [-0.15, -0.1) is 0 Å². The highest BCUT2D eigenvalue weighted by Crippen LogP contribution is 2.16. The molecule has 0 atom stereocenters. The van der Waals surface area contributed by atoms with Gasteiger partial charge in [0, 0.05) is 18.7 Å². The molecule has 0 fully saturated rings. The van der Waals surface area contributed by atoms with Crippen molar-refractivity contribution in [2.45, 2.75) is 13.1 Å².